The summed E-state index contributed by atoms with van der Waals surface area (Å²) in [5, 5.41) is 13.3. The number of morpholine rings is 1. The van der Waals surface area contributed by atoms with E-state index in [9.17, 15) is 14.7 Å². The standard InChI is InChI=1S/C18H23N3O4/c22-14(11-20-7-9-25-10-8-20)12-21-16(23)18(19-17(21)24)6-5-13-3-1-2-4-15(13)18/h1-4,14,22H,5-12H2,(H,19,24)/p+1/t14-,18+/m1/s1. The number of rotatable bonds is 4. The van der Waals surface area contributed by atoms with Crippen molar-refractivity contribution < 1.29 is 24.3 Å². The first-order valence-corrected chi connectivity index (χ1v) is 8.92. The highest BCUT2D eigenvalue weighted by Crippen LogP contribution is 2.41. The lowest BCUT2D eigenvalue weighted by Gasteiger charge is -2.27. The molecule has 3 N–H and O–H groups in total. The number of aliphatic hydroxyl groups excluding tert-OH is 1. The number of amides is 3. The Kier molecular flexibility index (Phi) is 4.23. The minimum Gasteiger partial charge on any atom is -0.385 e. The maximum atomic E-state index is 13.0. The first kappa shape index (κ1) is 16.5. The highest BCUT2D eigenvalue weighted by molar-refractivity contribution is 6.08. The largest absolute Gasteiger partial charge is 0.385 e. The average Bonchev–Trinajstić information content (AvgIpc) is 3.10. The van der Waals surface area contributed by atoms with E-state index >= 15 is 0 Å². The maximum absolute atomic E-state index is 13.0. The Morgan fingerprint density at radius 3 is 2.84 bits per heavy atom. The number of benzene rings is 1. The number of hydrogen-bond donors (Lipinski definition) is 3. The van der Waals surface area contributed by atoms with E-state index in [4.69, 9.17) is 4.74 Å². The second-order valence-corrected chi connectivity index (χ2v) is 7.13. The van der Waals surface area contributed by atoms with Crippen LogP contribution in [-0.2, 0) is 21.5 Å². The Labute approximate surface area is 146 Å². The van der Waals surface area contributed by atoms with Crippen molar-refractivity contribution in [2.24, 2.45) is 0 Å². The Bertz CT molecular complexity index is 689. The van der Waals surface area contributed by atoms with Gasteiger partial charge in [-0.1, -0.05) is 24.3 Å². The van der Waals surface area contributed by atoms with E-state index in [1.807, 2.05) is 24.3 Å². The minimum atomic E-state index is -0.945. The zero-order valence-corrected chi connectivity index (χ0v) is 14.2. The van der Waals surface area contributed by atoms with Gasteiger partial charge < -0.3 is 20.1 Å². The third-order valence-corrected chi connectivity index (χ3v) is 5.54. The highest BCUT2D eigenvalue weighted by Gasteiger charge is 2.55. The first-order valence-electron chi connectivity index (χ1n) is 8.92. The molecular formula is C18H24N3O4+. The summed E-state index contributed by atoms with van der Waals surface area (Å²) in [6, 6.07) is 7.36. The monoisotopic (exact) mass is 346 g/mol. The van der Waals surface area contributed by atoms with Crippen LogP contribution in [0.3, 0.4) is 0 Å². The molecule has 2 aliphatic heterocycles. The molecule has 2 heterocycles. The molecule has 0 unspecified atom stereocenters. The number of aliphatic hydroxyl groups is 1. The number of imide groups is 1. The zero-order valence-electron chi connectivity index (χ0n) is 14.2. The molecule has 25 heavy (non-hydrogen) atoms. The van der Waals surface area contributed by atoms with Gasteiger partial charge in [-0.2, -0.15) is 0 Å². The molecule has 1 aromatic carbocycles. The summed E-state index contributed by atoms with van der Waals surface area (Å²) < 4.78 is 5.31. The lowest BCUT2D eigenvalue weighted by atomic mass is 9.92. The summed E-state index contributed by atoms with van der Waals surface area (Å²) in [5.41, 5.74) is 1.06. The van der Waals surface area contributed by atoms with Crippen LogP contribution >= 0.6 is 0 Å². The van der Waals surface area contributed by atoms with E-state index in [1.54, 1.807) is 0 Å². The second kappa shape index (κ2) is 6.40. The van der Waals surface area contributed by atoms with E-state index in [-0.39, 0.29) is 12.5 Å². The third kappa shape index (κ3) is 2.82. The summed E-state index contributed by atoms with van der Waals surface area (Å²) in [6.07, 6.45) is 0.629. The van der Waals surface area contributed by atoms with Crippen molar-refractivity contribution in [3.8, 4) is 0 Å². The quantitative estimate of drug-likeness (QED) is 0.589. The normalized spacial score (nSPS) is 27.6. The second-order valence-electron chi connectivity index (χ2n) is 7.13. The minimum absolute atomic E-state index is 0.0406. The first-order chi connectivity index (χ1) is 12.1. The van der Waals surface area contributed by atoms with Crippen molar-refractivity contribution in [3.05, 3.63) is 35.4 Å². The molecule has 3 amide bonds. The van der Waals surface area contributed by atoms with Crippen LogP contribution in [0.4, 0.5) is 4.79 Å². The zero-order chi connectivity index (χ0) is 17.4. The van der Waals surface area contributed by atoms with Gasteiger partial charge in [0.25, 0.3) is 5.91 Å². The number of fused-ring (bicyclic) bond motifs is 2. The summed E-state index contributed by atoms with van der Waals surface area (Å²) in [7, 11) is 0. The van der Waals surface area contributed by atoms with Gasteiger partial charge in [-0.15, -0.1) is 0 Å². The van der Waals surface area contributed by atoms with Gasteiger partial charge in [0.1, 0.15) is 31.3 Å². The van der Waals surface area contributed by atoms with Gasteiger partial charge in [-0.25, -0.2) is 4.79 Å². The molecule has 0 bridgehead atoms. The molecule has 1 aliphatic carbocycles. The number of urea groups is 1. The number of β-amino-alcohol motifs (C(OH)–C–C–N with tert-alkyl or cyclic N) is 1. The van der Waals surface area contributed by atoms with Crippen LogP contribution in [0, 0.1) is 0 Å². The topological polar surface area (TPSA) is 83.3 Å². The maximum Gasteiger partial charge on any atom is 0.325 e. The van der Waals surface area contributed by atoms with Crippen molar-refractivity contribution in [1.29, 1.82) is 0 Å². The van der Waals surface area contributed by atoms with E-state index < -0.39 is 17.7 Å². The predicted octanol–water partition coefficient (Wildman–Crippen LogP) is -1.34. The van der Waals surface area contributed by atoms with Gasteiger partial charge in [-0.05, 0) is 24.0 Å². The molecule has 2 saturated heterocycles. The molecule has 134 valence electrons. The average molecular weight is 346 g/mol. The van der Waals surface area contributed by atoms with Gasteiger partial charge in [0.05, 0.1) is 19.8 Å². The number of aryl methyl sites for hydroxylation is 1. The van der Waals surface area contributed by atoms with Crippen LogP contribution in [0.25, 0.3) is 0 Å². The van der Waals surface area contributed by atoms with Crippen molar-refractivity contribution >= 4 is 11.9 Å². The number of nitrogens with one attached hydrogen (secondary N) is 2. The van der Waals surface area contributed by atoms with Crippen LogP contribution in [0.1, 0.15) is 17.5 Å². The van der Waals surface area contributed by atoms with Gasteiger partial charge in [0.2, 0.25) is 0 Å². The van der Waals surface area contributed by atoms with Crippen molar-refractivity contribution in [2.75, 3.05) is 39.4 Å². The number of carbonyl (C=O) groups is 2. The SMILES string of the molecule is O=C1N[C@]2(CCc3ccccc32)C(=O)N1C[C@H](O)C[NH+]1CCOCC1. The summed E-state index contributed by atoms with van der Waals surface area (Å²) >= 11 is 0. The van der Waals surface area contributed by atoms with Gasteiger partial charge in [0, 0.05) is 0 Å². The van der Waals surface area contributed by atoms with E-state index in [0.29, 0.717) is 26.2 Å². The molecule has 1 spiro atoms. The van der Waals surface area contributed by atoms with Gasteiger partial charge in [-0.3, -0.25) is 9.69 Å². The smallest absolute Gasteiger partial charge is 0.325 e. The molecular weight excluding hydrogens is 322 g/mol. The summed E-state index contributed by atoms with van der Waals surface area (Å²) in [6.45, 7) is 3.61. The molecule has 7 nitrogen and oxygen atoms in total. The fourth-order valence-corrected chi connectivity index (χ4v) is 4.23. The molecule has 2 atom stereocenters. The number of carbonyl (C=O) groups excluding carboxylic acids is 2. The lowest BCUT2D eigenvalue weighted by molar-refractivity contribution is -0.910. The lowest BCUT2D eigenvalue weighted by Crippen LogP contribution is -3.15. The molecule has 0 radical (unpaired) electrons. The van der Waals surface area contributed by atoms with Crippen molar-refractivity contribution in [2.45, 2.75) is 24.5 Å². The van der Waals surface area contributed by atoms with E-state index in [0.717, 1.165) is 30.6 Å². The van der Waals surface area contributed by atoms with Crippen LogP contribution < -0.4 is 10.2 Å². The number of hydrogen-bond acceptors (Lipinski definition) is 4. The number of nitrogens with zero attached hydrogens (tertiary/aromatic N) is 1. The Morgan fingerprint density at radius 1 is 1.28 bits per heavy atom. The Balaban J connectivity index is 1.47. The van der Waals surface area contributed by atoms with Crippen LogP contribution in [-0.4, -0.2) is 67.4 Å². The van der Waals surface area contributed by atoms with Crippen molar-refractivity contribution in [1.82, 2.24) is 10.2 Å². The van der Waals surface area contributed by atoms with Gasteiger partial charge in [0.15, 0.2) is 0 Å². The third-order valence-electron chi connectivity index (χ3n) is 5.54. The molecule has 2 fully saturated rings. The Hall–Kier alpha value is -1.96. The van der Waals surface area contributed by atoms with E-state index in [1.165, 1.54) is 9.80 Å². The fraction of sp³-hybridized carbons (Fsp3) is 0.556. The molecule has 7 heteroatoms. The van der Waals surface area contributed by atoms with Crippen LogP contribution in [0.2, 0.25) is 0 Å². The Morgan fingerprint density at radius 2 is 2.04 bits per heavy atom. The fourth-order valence-electron chi connectivity index (χ4n) is 4.23. The van der Waals surface area contributed by atoms with E-state index in [2.05, 4.69) is 5.32 Å². The predicted molar refractivity (Wildman–Crippen MR) is 89.1 cm³/mol. The molecule has 0 aromatic heterocycles. The van der Waals surface area contributed by atoms with Gasteiger partial charge >= 0.3 is 6.03 Å². The summed E-state index contributed by atoms with van der Waals surface area (Å²) in [4.78, 5) is 27.9. The summed E-state index contributed by atoms with van der Waals surface area (Å²) in [5.74, 6) is -0.238. The highest BCUT2D eigenvalue weighted by atomic mass is 16.5. The molecule has 0 saturated carbocycles. The molecule has 1 aromatic rings. The van der Waals surface area contributed by atoms with Crippen LogP contribution in [0.5, 0.6) is 0 Å². The number of quaternary nitrogens is 1. The van der Waals surface area contributed by atoms with Crippen molar-refractivity contribution in [3.63, 3.8) is 0 Å². The number of ether oxygens (including phenoxy) is 1. The van der Waals surface area contributed by atoms with Crippen LogP contribution in [0.15, 0.2) is 24.3 Å². The molecule has 4 rings (SSSR count). The molecule has 3 aliphatic rings.